The molecule has 1 aromatic rings. The van der Waals surface area contributed by atoms with E-state index in [1.807, 2.05) is 20.8 Å². The second kappa shape index (κ2) is 7.13. The monoisotopic (exact) mass is 368 g/mol. The van der Waals surface area contributed by atoms with Gasteiger partial charge in [-0.2, -0.15) is 4.72 Å². The van der Waals surface area contributed by atoms with Crippen LogP contribution < -0.4 is 9.62 Å². The molecule has 0 aromatic heterocycles. The van der Waals surface area contributed by atoms with Gasteiger partial charge in [-0.15, -0.1) is 0 Å². The smallest absolute Gasteiger partial charge is 0.321 e. The van der Waals surface area contributed by atoms with Gasteiger partial charge in [0.15, 0.2) is 0 Å². The molecule has 2 rings (SSSR count). The molecule has 1 aliphatic heterocycles. The Morgan fingerprint density at radius 1 is 1.36 bits per heavy atom. The summed E-state index contributed by atoms with van der Waals surface area (Å²) in [5.74, 6) is -1.26. The van der Waals surface area contributed by atoms with Gasteiger partial charge in [0, 0.05) is 18.7 Å². The zero-order valence-electron chi connectivity index (χ0n) is 14.8. The highest BCUT2D eigenvalue weighted by atomic mass is 32.2. The van der Waals surface area contributed by atoms with Crippen molar-refractivity contribution in [2.24, 2.45) is 5.92 Å². The summed E-state index contributed by atoms with van der Waals surface area (Å²) in [5.41, 5.74) is 1.47. The van der Waals surface area contributed by atoms with Crippen LogP contribution >= 0.6 is 0 Å². The average Bonchev–Trinajstić information content (AvgIpc) is 2.80. The summed E-state index contributed by atoms with van der Waals surface area (Å²) >= 11 is 0. The van der Waals surface area contributed by atoms with Gasteiger partial charge < -0.3 is 10.0 Å². The van der Waals surface area contributed by atoms with Crippen molar-refractivity contribution in [2.45, 2.75) is 57.5 Å². The maximum atomic E-state index is 12.6. The van der Waals surface area contributed by atoms with Crippen LogP contribution in [0.1, 0.15) is 39.7 Å². The number of carbonyl (C=O) groups excluding carboxylic acids is 1. The largest absolute Gasteiger partial charge is 0.480 e. The van der Waals surface area contributed by atoms with Crippen molar-refractivity contribution in [3.63, 3.8) is 0 Å². The van der Waals surface area contributed by atoms with E-state index in [0.717, 1.165) is 5.56 Å². The number of fused-ring (bicyclic) bond motifs is 1. The predicted molar refractivity (Wildman–Crippen MR) is 94.0 cm³/mol. The lowest BCUT2D eigenvalue weighted by atomic mass is 10.1. The van der Waals surface area contributed by atoms with Gasteiger partial charge in [0.1, 0.15) is 6.04 Å². The average molecular weight is 368 g/mol. The topological polar surface area (TPSA) is 104 Å². The first kappa shape index (κ1) is 19.4. The summed E-state index contributed by atoms with van der Waals surface area (Å²) in [7, 11) is -3.96. The predicted octanol–water partition coefficient (Wildman–Crippen LogP) is 1.76. The normalized spacial score (nSPS) is 18.3. The summed E-state index contributed by atoms with van der Waals surface area (Å²) in [4.78, 5) is 24.7. The maximum absolute atomic E-state index is 12.6. The van der Waals surface area contributed by atoms with E-state index in [1.54, 1.807) is 11.0 Å². The van der Waals surface area contributed by atoms with Crippen LogP contribution in [0.25, 0.3) is 0 Å². The molecule has 0 fully saturated rings. The van der Waals surface area contributed by atoms with Gasteiger partial charge in [0.2, 0.25) is 15.9 Å². The highest BCUT2D eigenvalue weighted by molar-refractivity contribution is 7.89. The van der Waals surface area contributed by atoms with Crippen LogP contribution in [-0.4, -0.2) is 37.5 Å². The minimum atomic E-state index is -3.96. The lowest BCUT2D eigenvalue weighted by molar-refractivity contribution is -0.139. The van der Waals surface area contributed by atoms with Gasteiger partial charge in [-0.1, -0.05) is 13.8 Å². The number of rotatable bonds is 6. The molecule has 8 heteroatoms. The number of benzene rings is 1. The Kier molecular flexibility index (Phi) is 5.53. The third-order valence-electron chi connectivity index (χ3n) is 4.22. The van der Waals surface area contributed by atoms with Crippen LogP contribution in [0.15, 0.2) is 23.1 Å². The molecule has 25 heavy (non-hydrogen) atoms. The molecule has 2 N–H and O–H groups in total. The molecule has 0 radical (unpaired) electrons. The Morgan fingerprint density at radius 3 is 2.52 bits per heavy atom. The first-order valence-corrected chi connectivity index (χ1v) is 9.69. The van der Waals surface area contributed by atoms with Crippen molar-refractivity contribution in [2.75, 3.05) is 4.90 Å². The van der Waals surface area contributed by atoms with E-state index < -0.39 is 22.0 Å². The number of amides is 1. The van der Waals surface area contributed by atoms with Crippen LogP contribution in [0.2, 0.25) is 0 Å². The van der Waals surface area contributed by atoms with Gasteiger partial charge in [0.05, 0.1) is 4.90 Å². The van der Waals surface area contributed by atoms with Gasteiger partial charge in [-0.05, 0) is 49.4 Å². The van der Waals surface area contributed by atoms with Crippen molar-refractivity contribution in [1.82, 2.24) is 4.72 Å². The summed E-state index contributed by atoms with van der Waals surface area (Å²) in [6.07, 6.45) is 0.765. The molecule has 0 bridgehead atoms. The molecular weight excluding hydrogens is 344 g/mol. The number of nitrogens with zero attached hydrogens (tertiary/aromatic N) is 1. The molecule has 2 atom stereocenters. The minimum Gasteiger partial charge on any atom is -0.480 e. The number of sulfonamides is 1. The third kappa shape index (κ3) is 4.19. The van der Waals surface area contributed by atoms with Gasteiger partial charge in [-0.25, -0.2) is 8.42 Å². The minimum absolute atomic E-state index is 0.0128. The van der Waals surface area contributed by atoms with Crippen LogP contribution in [-0.2, 0) is 26.0 Å². The summed E-state index contributed by atoms with van der Waals surface area (Å²) < 4.78 is 27.4. The van der Waals surface area contributed by atoms with Gasteiger partial charge >= 0.3 is 5.97 Å². The molecule has 0 spiro atoms. The maximum Gasteiger partial charge on any atom is 0.321 e. The molecule has 0 saturated carbocycles. The summed E-state index contributed by atoms with van der Waals surface area (Å²) in [5, 5.41) is 9.25. The number of carboxylic acid groups (broad SMARTS) is 1. The Morgan fingerprint density at radius 2 is 2.00 bits per heavy atom. The number of hydrogen-bond acceptors (Lipinski definition) is 4. The fourth-order valence-corrected chi connectivity index (χ4v) is 4.43. The Labute approximate surface area is 148 Å². The molecule has 7 nitrogen and oxygen atoms in total. The highest BCUT2D eigenvalue weighted by Crippen LogP contribution is 2.33. The lowest BCUT2D eigenvalue weighted by Gasteiger charge is -2.20. The Hall–Kier alpha value is -1.93. The van der Waals surface area contributed by atoms with Crippen molar-refractivity contribution >= 4 is 27.6 Å². The SMILES string of the molecule is CC(=O)N1c2ccc(S(=O)(=O)N[C@@H](CC(C)C)C(=O)O)cc2CC1C. The van der Waals surface area contributed by atoms with E-state index in [2.05, 4.69) is 4.72 Å². The van der Waals surface area contributed by atoms with E-state index >= 15 is 0 Å². The molecule has 138 valence electrons. The number of aliphatic carboxylic acids is 1. The molecule has 1 aromatic carbocycles. The molecule has 1 heterocycles. The van der Waals surface area contributed by atoms with E-state index in [9.17, 15) is 23.1 Å². The number of anilines is 1. The van der Waals surface area contributed by atoms with Crippen LogP contribution in [0.3, 0.4) is 0 Å². The number of carbonyl (C=O) groups is 2. The number of hydrogen-bond donors (Lipinski definition) is 2. The highest BCUT2D eigenvalue weighted by Gasteiger charge is 2.31. The molecule has 1 amide bonds. The second-order valence-corrected chi connectivity index (χ2v) is 8.59. The fraction of sp³-hybridized carbons (Fsp3) is 0.529. The van der Waals surface area contributed by atoms with E-state index in [0.29, 0.717) is 12.1 Å². The van der Waals surface area contributed by atoms with Crippen molar-refractivity contribution < 1.29 is 23.1 Å². The summed E-state index contributed by atoms with van der Waals surface area (Å²) in [6, 6.07) is 3.32. The number of carboxylic acids is 1. The van der Waals surface area contributed by atoms with Crippen LogP contribution in [0.4, 0.5) is 5.69 Å². The van der Waals surface area contributed by atoms with Crippen LogP contribution in [0, 0.1) is 5.92 Å². The Balaban J connectivity index is 2.31. The zero-order chi connectivity index (χ0) is 18.9. The number of nitrogens with one attached hydrogen (secondary N) is 1. The first-order valence-electron chi connectivity index (χ1n) is 8.20. The first-order chi connectivity index (χ1) is 11.5. The van der Waals surface area contributed by atoms with Gasteiger partial charge in [0.25, 0.3) is 0 Å². The molecular formula is C17H24N2O5S. The fourth-order valence-electron chi connectivity index (χ4n) is 3.18. The summed E-state index contributed by atoms with van der Waals surface area (Å²) in [6.45, 7) is 7.03. The standard InChI is InChI=1S/C17H24N2O5S/c1-10(2)7-15(17(21)22)18-25(23,24)14-5-6-16-13(9-14)8-11(3)19(16)12(4)20/h5-6,9-11,15,18H,7-8H2,1-4H3,(H,21,22)/t11?,15-/m0/s1. The van der Waals surface area contributed by atoms with Gasteiger partial charge in [-0.3, -0.25) is 9.59 Å². The molecule has 0 aliphatic carbocycles. The molecule has 1 unspecified atom stereocenters. The molecule has 1 aliphatic rings. The quantitative estimate of drug-likeness (QED) is 0.796. The third-order valence-corrected chi connectivity index (χ3v) is 5.69. The van der Waals surface area contributed by atoms with Crippen molar-refractivity contribution in [1.29, 1.82) is 0 Å². The zero-order valence-corrected chi connectivity index (χ0v) is 15.6. The van der Waals surface area contributed by atoms with Crippen molar-refractivity contribution in [3.8, 4) is 0 Å². The van der Waals surface area contributed by atoms with E-state index in [-0.39, 0.29) is 29.2 Å². The van der Waals surface area contributed by atoms with Crippen LogP contribution in [0.5, 0.6) is 0 Å². The van der Waals surface area contributed by atoms with E-state index in [4.69, 9.17) is 0 Å². The van der Waals surface area contributed by atoms with E-state index in [1.165, 1.54) is 19.1 Å². The molecule has 0 saturated heterocycles. The lowest BCUT2D eigenvalue weighted by Crippen LogP contribution is -2.41. The van der Waals surface area contributed by atoms with Crippen molar-refractivity contribution in [3.05, 3.63) is 23.8 Å². The second-order valence-electron chi connectivity index (χ2n) is 6.87. The Bertz CT molecular complexity index is 788.